The third-order valence-corrected chi connectivity index (χ3v) is 5.56. The minimum absolute atomic E-state index is 0.132. The summed E-state index contributed by atoms with van der Waals surface area (Å²) >= 11 is 0. The normalized spacial score (nSPS) is 17.9. The Kier molecular flexibility index (Phi) is 4.73. The maximum atomic E-state index is 12.9. The highest BCUT2D eigenvalue weighted by Gasteiger charge is 2.48. The van der Waals surface area contributed by atoms with E-state index in [-0.39, 0.29) is 11.8 Å². The van der Waals surface area contributed by atoms with Crippen LogP contribution < -0.4 is 15.4 Å². The van der Waals surface area contributed by atoms with Gasteiger partial charge in [-0.2, -0.15) is 0 Å². The lowest BCUT2D eigenvalue weighted by atomic mass is 9.87. The van der Waals surface area contributed by atoms with Gasteiger partial charge >= 0.3 is 6.03 Å². The number of rotatable bonds is 4. The molecule has 0 atom stereocenters. The Balaban J connectivity index is 1.40. The van der Waals surface area contributed by atoms with Gasteiger partial charge in [-0.3, -0.25) is 14.9 Å². The molecule has 1 aromatic heterocycles. The number of nitrogens with zero attached hydrogens (tertiary/aromatic N) is 2. The summed E-state index contributed by atoms with van der Waals surface area (Å²) in [6.45, 7) is 4.76. The summed E-state index contributed by atoms with van der Waals surface area (Å²) in [5.41, 5.74) is 1.28. The van der Waals surface area contributed by atoms with E-state index in [4.69, 9.17) is 9.26 Å². The summed E-state index contributed by atoms with van der Waals surface area (Å²) in [5.74, 6) is 0.837. The Morgan fingerprint density at radius 2 is 2.03 bits per heavy atom. The first-order valence-corrected chi connectivity index (χ1v) is 9.45. The maximum absolute atomic E-state index is 12.9. The summed E-state index contributed by atoms with van der Waals surface area (Å²) in [5, 5.41) is 8.88. The number of likely N-dealkylation sites (tertiary alicyclic amines) is 1. The zero-order valence-corrected chi connectivity index (χ0v) is 16.3. The highest BCUT2D eigenvalue weighted by molar-refractivity contribution is 6.07. The van der Waals surface area contributed by atoms with Crippen LogP contribution in [0.25, 0.3) is 0 Å². The van der Waals surface area contributed by atoms with Crippen LogP contribution in [0.4, 0.5) is 4.79 Å². The van der Waals surface area contributed by atoms with Gasteiger partial charge < -0.3 is 19.5 Å². The van der Waals surface area contributed by atoms with Crippen molar-refractivity contribution in [2.75, 3.05) is 13.1 Å². The van der Waals surface area contributed by atoms with E-state index in [1.807, 2.05) is 13.8 Å². The van der Waals surface area contributed by atoms with Gasteiger partial charge in [0.15, 0.2) is 0 Å². The number of nitrogens with one attached hydrogen (secondary N) is 2. The zero-order valence-electron chi connectivity index (χ0n) is 16.3. The highest BCUT2D eigenvalue weighted by atomic mass is 16.5. The van der Waals surface area contributed by atoms with Gasteiger partial charge in [0.25, 0.3) is 11.8 Å². The van der Waals surface area contributed by atoms with Crippen molar-refractivity contribution in [2.45, 2.75) is 38.8 Å². The molecule has 152 valence electrons. The van der Waals surface area contributed by atoms with Gasteiger partial charge in [0, 0.05) is 18.7 Å². The minimum atomic E-state index is -0.896. The molecule has 0 bridgehead atoms. The van der Waals surface area contributed by atoms with Crippen molar-refractivity contribution in [1.82, 2.24) is 20.7 Å². The third-order valence-electron chi connectivity index (χ3n) is 5.56. The SMILES string of the molecule is Cc1noc(C)c1COc1cccc(C(=O)N2CCC3(CC2)NC(=O)NC3=O)c1. The van der Waals surface area contributed by atoms with Crippen LogP contribution >= 0.6 is 0 Å². The molecule has 2 aliphatic heterocycles. The Morgan fingerprint density at radius 3 is 2.66 bits per heavy atom. The van der Waals surface area contributed by atoms with E-state index in [1.54, 1.807) is 29.2 Å². The van der Waals surface area contributed by atoms with E-state index in [2.05, 4.69) is 15.8 Å². The standard InChI is InChI=1S/C20H22N4O5/c1-12-16(13(2)29-23-12)11-28-15-5-3-4-14(10-15)17(25)24-8-6-20(7-9-24)18(26)21-19(27)22-20/h3-5,10H,6-9,11H2,1-2H3,(H2,21,22,26,27). The molecule has 1 aromatic carbocycles. The average Bonchev–Trinajstić information content (AvgIpc) is 3.18. The number of aryl methyl sites for hydroxylation is 2. The lowest BCUT2D eigenvalue weighted by Gasteiger charge is -2.37. The molecule has 2 saturated heterocycles. The van der Waals surface area contributed by atoms with Crippen molar-refractivity contribution in [3.05, 3.63) is 46.8 Å². The topological polar surface area (TPSA) is 114 Å². The monoisotopic (exact) mass is 398 g/mol. The van der Waals surface area contributed by atoms with Crippen molar-refractivity contribution < 1.29 is 23.6 Å². The van der Waals surface area contributed by atoms with Crippen LogP contribution in [0.15, 0.2) is 28.8 Å². The molecule has 2 aromatic rings. The second-order valence-electron chi connectivity index (χ2n) is 7.40. The summed E-state index contributed by atoms with van der Waals surface area (Å²) < 4.78 is 11.0. The van der Waals surface area contributed by atoms with Crippen molar-refractivity contribution in [1.29, 1.82) is 0 Å². The van der Waals surface area contributed by atoms with Crippen LogP contribution in [0, 0.1) is 13.8 Å². The number of benzene rings is 1. The molecule has 0 radical (unpaired) electrons. The molecule has 0 unspecified atom stereocenters. The largest absolute Gasteiger partial charge is 0.489 e. The molecule has 1 spiro atoms. The van der Waals surface area contributed by atoms with E-state index in [0.29, 0.717) is 49.6 Å². The van der Waals surface area contributed by atoms with E-state index in [0.717, 1.165) is 11.3 Å². The fraction of sp³-hybridized carbons (Fsp3) is 0.400. The van der Waals surface area contributed by atoms with E-state index in [1.165, 1.54) is 0 Å². The summed E-state index contributed by atoms with van der Waals surface area (Å²) in [4.78, 5) is 38.1. The fourth-order valence-electron chi connectivity index (χ4n) is 3.74. The van der Waals surface area contributed by atoms with Gasteiger partial charge in [0.05, 0.1) is 11.3 Å². The number of aromatic nitrogens is 1. The highest BCUT2D eigenvalue weighted by Crippen LogP contribution is 2.27. The second kappa shape index (κ2) is 7.23. The maximum Gasteiger partial charge on any atom is 0.322 e. The van der Waals surface area contributed by atoms with Crippen LogP contribution in [0.2, 0.25) is 0 Å². The second-order valence-corrected chi connectivity index (χ2v) is 7.40. The number of carbonyl (C=O) groups is 3. The molecule has 0 saturated carbocycles. The molecule has 4 amide bonds. The number of hydrogen-bond donors (Lipinski definition) is 2. The first-order chi connectivity index (χ1) is 13.9. The average molecular weight is 398 g/mol. The lowest BCUT2D eigenvalue weighted by molar-refractivity contribution is -0.125. The van der Waals surface area contributed by atoms with Crippen molar-refractivity contribution in [3.8, 4) is 5.75 Å². The number of piperidine rings is 1. The van der Waals surface area contributed by atoms with E-state index < -0.39 is 11.6 Å². The molecule has 0 aliphatic carbocycles. The Hall–Kier alpha value is -3.36. The Labute approximate surface area is 167 Å². The quantitative estimate of drug-likeness (QED) is 0.758. The van der Waals surface area contributed by atoms with E-state index >= 15 is 0 Å². The molecular formula is C20H22N4O5. The van der Waals surface area contributed by atoms with Gasteiger partial charge in [-0.15, -0.1) is 0 Å². The van der Waals surface area contributed by atoms with Crippen molar-refractivity contribution in [2.24, 2.45) is 0 Å². The van der Waals surface area contributed by atoms with Crippen LogP contribution in [-0.4, -0.2) is 46.5 Å². The molecule has 2 aliphatic rings. The molecule has 3 heterocycles. The minimum Gasteiger partial charge on any atom is -0.489 e. The van der Waals surface area contributed by atoms with Crippen molar-refractivity contribution in [3.63, 3.8) is 0 Å². The lowest BCUT2D eigenvalue weighted by Crippen LogP contribution is -2.55. The summed E-state index contributed by atoms with van der Waals surface area (Å²) in [7, 11) is 0. The summed E-state index contributed by atoms with van der Waals surface area (Å²) in [6.07, 6.45) is 0.775. The predicted molar refractivity (Wildman–Crippen MR) is 101 cm³/mol. The molecule has 2 fully saturated rings. The number of hydrogen-bond acceptors (Lipinski definition) is 6. The van der Waals surface area contributed by atoms with Gasteiger partial charge in [0.1, 0.15) is 23.7 Å². The molecule has 29 heavy (non-hydrogen) atoms. The molecule has 4 rings (SSSR count). The zero-order chi connectivity index (χ0) is 20.6. The summed E-state index contributed by atoms with van der Waals surface area (Å²) in [6, 6.07) is 6.52. The Bertz CT molecular complexity index is 956. The smallest absolute Gasteiger partial charge is 0.322 e. The first kappa shape index (κ1) is 19.0. The van der Waals surface area contributed by atoms with E-state index in [9.17, 15) is 14.4 Å². The fourth-order valence-corrected chi connectivity index (χ4v) is 3.74. The number of ether oxygens (including phenoxy) is 1. The number of imide groups is 1. The molecule has 2 N–H and O–H groups in total. The Morgan fingerprint density at radius 1 is 1.28 bits per heavy atom. The molecule has 9 heteroatoms. The van der Waals surface area contributed by atoms with Crippen LogP contribution in [-0.2, 0) is 11.4 Å². The molecular weight excluding hydrogens is 376 g/mol. The van der Waals surface area contributed by atoms with Crippen LogP contribution in [0.5, 0.6) is 5.75 Å². The first-order valence-electron chi connectivity index (χ1n) is 9.45. The van der Waals surface area contributed by atoms with Gasteiger partial charge in [-0.25, -0.2) is 4.79 Å². The van der Waals surface area contributed by atoms with Crippen LogP contribution in [0.1, 0.15) is 40.2 Å². The van der Waals surface area contributed by atoms with Gasteiger partial charge in [-0.1, -0.05) is 11.2 Å². The molecule has 9 nitrogen and oxygen atoms in total. The number of amides is 4. The van der Waals surface area contributed by atoms with Crippen LogP contribution in [0.3, 0.4) is 0 Å². The number of carbonyl (C=O) groups excluding carboxylic acids is 3. The predicted octanol–water partition coefficient (Wildman–Crippen LogP) is 1.68. The van der Waals surface area contributed by atoms with Gasteiger partial charge in [-0.05, 0) is 44.9 Å². The third kappa shape index (κ3) is 3.55. The van der Waals surface area contributed by atoms with Gasteiger partial charge in [0.2, 0.25) is 0 Å². The van der Waals surface area contributed by atoms with Crippen molar-refractivity contribution >= 4 is 17.8 Å². The number of urea groups is 1.